The minimum Gasteiger partial charge on any atom is -0.370 e. The maximum absolute atomic E-state index is 13.8. The van der Waals surface area contributed by atoms with Gasteiger partial charge in [0.15, 0.2) is 0 Å². The first-order chi connectivity index (χ1) is 14.8. The number of likely N-dealkylation sites (tertiary alicyclic amines) is 1. The number of carbonyl (C=O) groups is 4. The third-order valence-corrected chi connectivity index (χ3v) is 7.61. The molecule has 9 heteroatoms. The lowest BCUT2D eigenvalue weighted by atomic mass is 9.76. The maximum atomic E-state index is 13.8. The van der Waals surface area contributed by atoms with Gasteiger partial charge in [-0.1, -0.05) is 36.9 Å². The Morgan fingerprint density at radius 2 is 1.90 bits per heavy atom. The maximum Gasteiger partial charge on any atom is 0.250 e. The van der Waals surface area contributed by atoms with E-state index in [0.717, 1.165) is 37.7 Å². The monoisotopic (exact) mass is 444 g/mol. The second-order valence-corrected chi connectivity index (χ2v) is 9.60. The van der Waals surface area contributed by atoms with E-state index in [1.165, 1.54) is 4.90 Å². The van der Waals surface area contributed by atoms with Crippen LogP contribution < -0.4 is 16.4 Å². The zero-order valence-corrected chi connectivity index (χ0v) is 18.0. The Labute approximate surface area is 184 Å². The molecule has 2 unspecified atom stereocenters. The number of anilines is 1. The number of hydrogen-bond donors (Lipinski definition) is 3. The molecule has 1 aromatic carbocycles. The van der Waals surface area contributed by atoms with E-state index < -0.39 is 35.2 Å². The zero-order valence-electron chi connectivity index (χ0n) is 17.2. The molecule has 1 spiro atoms. The van der Waals surface area contributed by atoms with E-state index in [1.54, 1.807) is 6.07 Å². The molecular weight excluding hydrogens is 420 g/mol. The summed E-state index contributed by atoms with van der Waals surface area (Å²) >= 11 is 6.40. The van der Waals surface area contributed by atoms with Gasteiger partial charge in [0.1, 0.15) is 5.54 Å². The lowest BCUT2D eigenvalue weighted by Crippen LogP contribution is -2.54. The third kappa shape index (κ3) is 2.77. The summed E-state index contributed by atoms with van der Waals surface area (Å²) in [6.45, 7) is 1.85. The van der Waals surface area contributed by atoms with E-state index in [9.17, 15) is 19.2 Å². The summed E-state index contributed by atoms with van der Waals surface area (Å²) in [5.41, 5.74) is 5.84. The number of nitrogens with two attached hydrogens (primary N) is 1. The molecule has 31 heavy (non-hydrogen) atoms. The summed E-state index contributed by atoms with van der Waals surface area (Å²) in [5.74, 6) is -3.43. The fourth-order valence-corrected chi connectivity index (χ4v) is 6.43. The number of benzene rings is 1. The smallest absolute Gasteiger partial charge is 0.250 e. The summed E-state index contributed by atoms with van der Waals surface area (Å²) < 4.78 is 0. The summed E-state index contributed by atoms with van der Waals surface area (Å²) in [4.78, 5) is 53.9. The minimum absolute atomic E-state index is 0.136. The zero-order chi connectivity index (χ0) is 22.1. The Hall–Kier alpha value is -2.45. The molecule has 0 radical (unpaired) electrons. The molecule has 164 valence electrons. The van der Waals surface area contributed by atoms with Crippen molar-refractivity contribution in [3.63, 3.8) is 0 Å². The number of fused-ring (bicyclic) bond motifs is 4. The highest BCUT2D eigenvalue weighted by Crippen LogP contribution is 2.55. The summed E-state index contributed by atoms with van der Waals surface area (Å²) in [7, 11) is 0. The van der Waals surface area contributed by atoms with Crippen LogP contribution in [0, 0.1) is 18.8 Å². The molecule has 3 aliphatic heterocycles. The number of carbonyl (C=O) groups excluding carboxylic acids is 4. The van der Waals surface area contributed by atoms with E-state index in [1.807, 2.05) is 13.0 Å². The van der Waals surface area contributed by atoms with E-state index in [4.69, 9.17) is 17.3 Å². The number of amides is 4. The molecule has 3 heterocycles. The van der Waals surface area contributed by atoms with Crippen molar-refractivity contribution >= 4 is 40.9 Å². The van der Waals surface area contributed by atoms with Gasteiger partial charge in [-0.15, -0.1) is 0 Å². The largest absolute Gasteiger partial charge is 0.370 e. The van der Waals surface area contributed by atoms with Gasteiger partial charge in [-0.2, -0.15) is 0 Å². The van der Waals surface area contributed by atoms with E-state index in [0.29, 0.717) is 16.3 Å². The van der Waals surface area contributed by atoms with Gasteiger partial charge >= 0.3 is 0 Å². The first-order valence-electron chi connectivity index (χ1n) is 10.8. The molecule has 4 N–H and O–H groups in total. The molecular formula is C22H25ClN4O4. The lowest BCUT2D eigenvalue weighted by Gasteiger charge is -2.33. The predicted molar refractivity (Wildman–Crippen MR) is 113 cm³/mol. The molecule has 0 bridgehead atoms. The van der Waals surface area contributed by atoms with Crippen molar-refractivity contribution in [2.75, 3.05) is 5.32 Å². The first-order valence-corrected chi connectivity index (χ1v) is 11.2. The van der Waals surface area contributed by atoms with Crippen LogP contribution in [-0.2, 0) is 24.7 Å². The van der Waals surface area contributed by atoms with Gasteiger partial charge in [0.05, 0.1) is 22.5 Å². The molecule has 1 saturated carbocycles. The summed E-state index contributed by atoms with van der Waals surface area (Å²) in [6.07, 6.45) is 4.41. The molecule has 2 saturated heterocycles. The number of nitrogens with one attached hydrogen (secondary N) is 2. The average molecular weight is 445 g/mol. The Morgan fingerprint density at radius 3 is 2.58 bits per heavy atom. The topological polar surface area (TPSA) is 122 Å². The Kier molecular flexibility index (Phi) is 4.64. The van der Waals surface area contributed by atoms with Crippen LogP contribution in [0.15, 0.2) is 12.1 Å². The number of hydrogen-bond acceptors (Lipinski definition) is 5. The van der Waals surface area contributed by atoms with Crippen molar-refractivity contribution in [3.8, 4) is 0 Å². The number of halogens is 1. The van der Waals surface area contributed by atoms with Gasteiger partial charge in [0.25, 0.3) is 0 Å². The van der Waals surface area contributed by atoms with Gasteiger partial charge in [-0.25, -0.2) is 0 Å². The van der Waals surface area contributed by atoms with Gasteiger partial charge in [-0.05, 0) is 31.4 Å². The van der Waals surface area contributed by atoms with Crippen LogP contribution in [0.2, 0.25) is 5.02 Å². The van der Waals surface area contributed by atoms with Crippen LogP contribution in [0.1, 0.15) is 49.7 Å². The van der Waals surface area contributed by atoms with Crippen molar-refractivity contribution < 1.29 is 19.2 Å². The van der Waals surface area contributed by atoms with Crippen molar-refractivity contribution in [2.45, 2.75) is 63.1 Å². The second kappa shape index (κ2) is 7.03. The van der Waals surface area contributed by atoms with Gasteiger partial charge in [0.2, 0.25) is 23.6 Å². The molecule has 1 aromatic rings. The number of rotatable bonds is 3. The summed E-state index contributed by atoms with van der Waals surface area (Å²) in [5, 5.41) is 6.39. The molecule has 8 nitrogen and oxygen atoms in total. The van der Waals surface area contributed by atoms with E-state index in [-0.39, 0.29) is 24.3 Å². The fourth-order valence-electron chi connectivity index (χ4n) is 6.11. The average Bonchev–Trinajstić information content (AvgIpc) is 3.28. The highest BCUT2D eigenvalue weighted by atomic mass is 35.5. The summed E-state index contributed by atoms with van der Waals surface area (Å²) in [6, 6.07) is 2.69. The second-order valence-electron chi connectivity index (χ2n) is 9.19. The number of imide groups is 1. The van der Waals surface area contributed by atoms with Crippen LogP contribution >= 0.6 is 11.6 Å². The van der Waals surface area contributed by atoms with Gasteiger partial charge in [0, 0.05) is 24.1 Å². The number of aryl methyl sites for hydroxylation is 1. The standard InChI is InChI=1S/C22H25ClN4O4/c1-10-7-12-18(13(23)8-10)25-21(31)22(12)17-16(14(26-22)9-15(24)28)19(29)27(20(17)30)11-5-3-2-4-6-11/h7-8,11,14,16-17,26H,2-6,9H2,1H3,(H2,24,28)(H,25,31)/t14?,16-,17+,22?/m1/s1. The minimum atomic E-state index is -1.45. The lowest BCUT2D eigenvalue weighted by molar-refractivity contribution is -0.146. The van der Waals surface area contributed by atoms with Gasteiger partial charge < -0.3 is 11.1 Å². The predicted octanol–water partition coefficient (Wildman–Crippen LogP) is 1.58. The number of primary amides is 1. The van der Waals surface area contributed by atoms with Crippen LogP contribution in [0.3, 0.4) is 0 Å². The van der Waals surface area contributed by atoms with E-state index >= 15 is 0 Å². The molecule has 4 atom stereocenters. The van der Waals surface area contributed by atoms with Crippen molar-refractivity contribution in [1.82, 2.24) is 10.2 Å². The van der Waals surface area contributed by atoms with Gasteiger partial charge in [-0.3, -0.25) is 29.4 Å². The molecule has 4 aliphatic rings. The fraction of sp³-hybridized carbons (Fsp3) is 0.545. The molecule has 4 amide bonds. The Morgan fingerprint density at radius 1 is 1.19 bits per heavy atom. The van der Waals surface area contributed by atoms with Crippen LogP contribution in [0.4, 0.5) is 5.69 Å². The first kappa shape index (κ1) is 20.5. The molecule has 3 fully saturated rings. The Balaban J connectivity index is 1.65. The molecule has 5 rings (SSSR count). The van der Waals surface area contributed by atoms with Crippen molar-refractivity contribution in [3.05, 3.63) is 28.3 Å². The highest BCUT2D eigenvalue weighted by molar-refractivity contribution is 6.35. The van der Waals surface area contributed by atoms with Crippen LogP contribution in [0.5, 0.6) is 0 Å². The normalized spacial score (nSPS) is 32.5. The quantitative estimate of drug-likeness (QED) is 0.611. The van der Waals surface area contributed by atoms with Crippen molar-refractivity contribution in [2.24, 2.45) is 17.6 Å². The van der Waals surface area contributed by atoms with Crippen LogP contribution in [-0.4, -0.2) is 40.6 Å². The Bertz CT molecular complexity index is 1020. The third-order valence-electron chi connectivity index (χ3n) is 7.32. The number of nitrogens with zero attached hydrogens (tertiary/aromatic N) is 1. The van der Waals surface area contributed by atoms with E-state index in [2.05, 4.69) is 10.6 Å². The molecule has 1 aliphatic carbocycles. The SMILES string of the molecule is Cc1cc(Cl)c2c(c1)C1(NC(CC(N)=O)[C@H]3C(=O)N(C4CCCCC4)C(=O)[C@H]31)C(=O)N2. The van der Waals surface area contributed by atoms with Crippen molar-refractivity contribution in [1.29, 1.82) is 0 Å². The highest BCUT2D eigenvalue weighted by Gasteiger charge is 2.71. The van der Waals surface area contributed by atoms with Crippen LogP contribution in [0.25, 0.3) is 0 Å². The molecule has 0 aromatic heterocycles.